The molecule has 0 amide bonds. The van der Waals surface area contributed by atoms with E-state index in [0.29, 0.717) is 0 Å². The summed E-state index contributed by atoms with van der Waals surface area (Å²) in [5.74, 6) is 0. The van der Waals surface area contributed by atoms with E-state index in [1.165, 1.54) is 82.0 Å². The van der Waals surface area contributed by atoms with Crippen LogP contribution in [0.15, 0.2) is 146 Å². The topological polar surface area (TPSA) is 0 Å². The first-order valence-corrected chi connectivity index (χ1v) is 14.2. The molecule has 0 N–H and O–H groups in total. The van der Waals surface area contributed by atoms with Crippen LogP contribution < -0.4 is 24.8 Å². The standard InChI is InChI=1S/C13H9.C13H10.C11H11.2ClH.Zr/c1-3-7-12-10(5-1)9-11-6-2-4-8-13(11)12;1-3-7-12(8-4-1)11-13-9-5-2-6-10-13;1-8-3-5-10-6-4-9(2)11(10)7-8;;;/h1-9H;1-10H;3-7H,1-2H3;2*1H;/q-1;;-1;;;+2/p-2. The van der Waals surface area contributed by atoms with Crippen molar-refractivity contribution >= 4 is 35.5 Å². The number of fused-ring (bicyclic) bond motifs is 4. The molecule has 0 nitrogen and oxygen atoms in total. The summed E-state index contributed by atoms with van der Waals surface area (Å²) >= 11 is 1.46. The van der Waals surface area contributed by atoms with Gasteiger partial charge in [0.1, 0.15) is 0 Å². The second-order valence-electron chi connectivity index (χ2n) is 9.53. The van der Waals surface area contributed by atoms with Gasteiger partial charge in [-0.1, -0.05) is 48.9 Å². The largest absolute Gasteiger partial charge is 0.126 e. The average molecular weight is 637 g/mol. The van der Waals surface area contributed by atoms with Crippen LogP contribution in [0.4, 0.5) is 0 Å². The van der Waals surface area contributed by atoms with Gasteiger partial charge in [-0.3, -0.25) is 0 Å². The molecule has 7 aromatic rings. The minimum absolute atomic E-state index is 0. The minimum Gasteiger partial charge on any atom is -0.126 e. The smallest absolute Gasteiger partial charge is 0.0771 e. The minimum atomic E-state index is 0. The SMILES string of the molecule is Cc1ccc2[cH-]cc(C)c2c1.[Cl-].[Cl-].[Zr+2]=[C](c1ccccc1)c1ccccc1.c1ccc2c(c1)[cH-]c1ccccc12. The third kappa shape index (κ3) is 7.55. The molecule has 0 aliphatic carbocycles. The molecule has 7 aromatic carbocycles. The molecule has 0 aliphatic rings. The van der Waals surface area contributed by atoms with E-state index in [1.807, 2.05) is 0 Å². The molecule has 0 spiro atoms. The normalized spacial score (nSPS) is 10.0. The molecular formula is C37H30Cl2Zr-2. The molecule has 0 bridgehead atoms. The molecule has 0 saturated carbocycles. The van der Waals surface area contributed by atoms with Gasteiger partial charge in [0.15, 0.2) is 0 Å². The fourth-order valence-electron chi connectivity index (χ4n) is 4.74. The predicted molar refractivity (Wildman–Crippen MR) is 162 cm³/mol. The molecule has 0 fully saturated rings. The van der Waals surface area contributed by atoms with E-state index in [0.717, 1.165) is 0 Å². The molecular weight excluding hydrogens is 607 g/mol. The van der Waals surface area contributed by atoms with E-state index in [4.69, 9.17) is 0 Å². The van der Waals surface area contributed by atoms with Gasteiger partial charge < -0.3 is 24.8 Å². The van der Waals surface area contributed by atoms with Gasteiger partial charge in [0.2, 0.25) is 0 Å². The van der Waals surface area contributed by atoms with Crippen LogP contribution in [0.25, 0.3) is 32.3 Å². The Morgan fingerprint density at radius 1 is 0.525 bits per heavy atom. The molecule has 0 aromatic heterocycles. The van der Waals surface area contributed by atoms with Gasteiger partial charge in [-0.25, -0.2) is 0 Å². The number of rotatable bonds is 2. The third-order valence-corrected chi connectivity index (χ3v) is 8.21. The molecule has 3 heteroatoms. The van der Waals surface area contributed by atoms with Crippen LogP contribution in [0.3, 0.4) is 0 Å². The molecule has 0 aliphatic heterocycles. The van der Waals surface area contributed by atoms with Crippen molar-refractivity contribution in [1.29, 1.82) is 0 Å². The first kappa shape index (κ1) is 31.4. The average Bonchev–Trinajstić information content (AvgIpc) is 3.54. The van der Waals surface area contributed by atoms with Gasteiger partial charge in [0, 0.05) is 0 Å². The van der Waals surface area contributed by atoms with Crippen LogP contribution in [0.2, 0.25) is 0 Å². The first-order valence-electron chi connectivity index (χ1n) is 13.0. The number of hydrogen-bond acceptors (Lipinski definition) is 0. The Kier molecular flexibility index (Phi) is 11.8. The number of hydrogen-bond donors (Lipinski definition) is 0. The summed E-state index contributed by atoms with van der Waals surface area (Å²) in [6.45, 7) is 4.29. The van der Waals surface area contributed by atoms with Crippen LogP contribution in [-0.2, 0) is 24.2 Å². The zero-order valence-corrected chi connectivity index (χ0v) is 26.6. The van der Waals surface area contributed by atoms with Crippen molar-refractivity contribution in [2.75, 3.05) is 0 Å². The van der Waals surface area contributed by atoms with Crippen LogP contribution in [-0.4, -0.2) is 3.21 Å². The summed E-state index contributed by atoms with van der Waals surface area (Å²) in [5.41, 5.74) is 5.38. The summed E-state index contributed by atoms with van der Waals surface area (Å²) < 4.78 is 1.42. The monoisotopic (exact) mass is 634 g/mol. The van der Waals surface area contributed by atoms with Crippen molar-refractivity contribution < 1.29 is 49.0 Å². The fraction of sp³-hybridized carbons (Fsp3) is 0.0541. The Hall–Kier alpha value is -3.09. The van der Waals surface area contributed by atoms with Gasteiger partial charge in [-0.05, 0) is 6.92 Å². The molecule has 0 atom stereocenters. The zero-order chi connectivity index (χ0) is 26.3. The van der Waals surface area contributed by atoms with E-state index in [1.54, 1.807) is 0 Å². The molecule has 198 valence electrons. The summed E-state index contributed by atoms with van der Waals surface area (Å²) in [7, 11) is 0. The Labute approximate surface area is 264 Å². The molecule has 7 rings (SSSR count). The van der Waals surface area contributed by atoms with Gasteiger partial charge in [0.05, 0.1) is 0 Å². The number of benzene rings is 5. The summed E-state index contributed by atoms with van der Waals surface area (Å²) in [6.07, 6.45) is 0. The second-order valence-corrected chi connectivity index (χ2v) is 10.8. The molecule has 0 unspecified atom stereocenters. The van der Waals surface area contributed by atoms with Crippen LogP contribution in [0.5, 0.6) is 0 Å². The number of aryl methyl sites for hydroxylation is 2. The molecule has 0 saturated heterocycles. The maximum atomic E-state index is 2.24. The van der Waals surface area contributed by atoms with Crippen molar-refractivity contribution in [3.8, 4) is 0 Å². The summed E-state index contributed by atoms with van der Waals surface area (Å²) in [6, 6.07) is 51.3. The van der Waals surface area contributed by atoms with Crippen molar-refractivity contribution in [3.05, 3.63) is 168 Å². The third-order valence-electron chi connectivity index (χ3n) is 6.79. The van der Waals surface area contributed by atoms with E-state index in [9.17, 15) is 0 Å². The van der Waals surface area contributed by atoms with Crippen molar-refractivity contribution in [2.45, 2.75) is 13.8 Å². The van der Waals surface area contributed by atoms with Crippen LogP contribution in [0, 0.1) is 13.8 Å². The summed E-state index contributed by atoms with van der Waals surface area (Å²) in [4.78, 5) is 0. The van der Waals surface area contributed by atoms with Gasteiger partial charge in [-0.15, -0.1) is 74.8 Å². The Balaban J connectivity index is 0.000000162. The van der Waals surface area contributed by atoms with Crippen LogP contribution >= 0.6 is 0 Å². The van der Waals surface area contributed by atoms with E-state index >= 15 is 0 Å². The van der Waals surface area contributed by atoms with E-state index in [-0.39, 0.29) is 24.8 Å². The van der Waals surface area contributed by atoms with Crippen molar-refractivity contribution in [1.82, 2.24) is 0 Å². The quantitative estimate of drug-likeness (QED) is 0.254. The maximum Gasteiger partial charge on any atom is -0.0771 e. The maximum absolute atomic E-state index is 2.24. The fourth-order valence-corrected chi connectivity index (χ4v) is 5.56. The first-order chi connectivity index (χ1) is 18.6. The predicted octanol–water partition coefficient (Wildman–Crippen LogP) is 3.70. The van der Waals surface area contributed by atoms with Gasteiger partial charge in [0.25, 0.3) is 0 Å². The Morgan fingerprint density at radius 3 is 1.52 bits per heavy atom. The Bertz CT molecular complexity index is 1700. The van der Waals surface area contributed by atoms with Gasteiger partial charge in [-0.2, -0.15) is 11.6 Å². The van der Waals surface area contributed by atoms with Gasteiger partial charge >= 0.3 is 99.2 Å². The van der Waals surface area contributed by atoms with E-state index in [2.05, 4.69) is 159 Å². The van der Waals surface area contributed by atoms with Crippen molar-refractivity contribution in [3.63, 3.8) is 0 Å². The number of halogens is 2. The molecule has 0 heterocycles. The Morgan fingerprint density at radius 2 is 1.00 bits per heavy atom. The van der Waals surface area contributed by atoms with Crippen molar-refractivity contribution in [2.24, 2.45) is 0 Å². The zero-order valence-electron chi connectivity index (χ0n) is 22.6. The van der Waals surface area contributed by atoms with E-state index < -0.39 is 0 Å². The summed E-state index contributed by atoms with van der Waals surface area (Å²) in [5, 5.41) is 8.14. The molecule has 0 radical (unpaired) electrons. The molecule has 40 heavy (non-hydrogen) atoms. The van der Waals surface area contributed by atoms with Crippen LogP contribution in [0.1, 0.15) is 22.3 Å². The second kappa shape index (κ2) is 15.1.